The smallest absolute Gasteiger partial charge is 0.193 e. The van der Waals surface area contributed by atoms with E-state index in [0.717, 1.165) is 43.9 Å². The largest absolute Gasteiger partial charge is 0.383 e. The Labute approximate surface area is 157 Å². The van der Waals surface area contributed by atoms with Gasteiger partial charge in [0.15, 0.2) is 5.96 Å². The van der Waals surface area contributed by atoms with E-state index in [4.69, 9.17) is 4.99 Å². The first-order chi connectivity index (χ1) is 10.6. The van der Waals surface area contributed by atoms with E-state index >= 15 is 0 Å². The SMILES string of the molecule is CCCCN(C)C(=NCC1(O)CCc2ccccc21)NCC.I. The van der Waals surface area contributed by atoms with Crippen LogP contribution in [-0.2, 0) is 12.0 Å². The van der Waals surface area contributed by atoms with Crippen LogP contribution >= 0.6 is 24.0 Å². The van der Waals surface area contributed by atoms with Gasteiger partial charge in [-0.1, -0.05) is 37.6 Å². The van der Waals surface area contributed by atoms with Crippen LogP contribution in [0.1, 0.15) is 44.2 Å². The summed E-state index contributed by atoms with van der Waals surface area (Å²) in [5.74, 6) is 0.883. The van der Waals surface area contributed by atoms with Crippen molar-refractivity contribution in [3.8, 4) is 0 Å². The molecule has 4 nitrogen and oxygen atoms in total. The van der Waals surface area contributed by atoms with Crippen LogP contribution < -0.4 is 5.32 Å². The van der Waals surface area contributed by atoms with Gasteiger partial charge in [-0.05, 0) is 37.3 Å². The zero-order valence-corrected chi connectivity index (χ0v) is 16.8. The molecular weight excluding hydrogens is 401 g/mol. The Bertz CT molecular complexity index is 521. The summed E-state index contributed by atoms with van der Waals surface area (Å²) >= 11 is 0. The number of benzene rings is 1. The van der Waals surface area contributed by atoms with Crippen LogP contribution in [0.2, 0.25) is 0 Å². The van der Waals surface area contributed by atoms with Gasteiger partial charge >= 0.3 is 0 Å². The first kappa shape index (κ1) is 20.2. The molecule has 1 unspecified atom stereocenters. The highest BCUT2D eigenvalue weighted by Crippen LogP contribution is 2.36. The lowest BCUT2D eigenvalue weighted by Gasteiger charge is -2.25. The highest BCUT2D eigenvalue weighted by atomic mass is 127. The maximum absolute atomic E-state index is 11.0. The molecule has 0 radical (unpaired) electrons. The molecule has 2 rings (SSSR count). The second-order valence-corrected chi connectivity index (χ2v) is 6.13. The maximum atomic E-state index is 11.0. The number of nitrogens with one attached hydrogen (secondary N) is 1. The number of aryl methyl sites for hydroxylation is 1. The number of hydrogen-bond acceptors (Lipinski definition) is 2. The van der Waals surface area contributed by atoms with Crippen LogP contribution in [0.4, 0.5) is 0 Å². The van der Waals surface area contributed by atoms with Crippen molar-refractivity contribution < 1.29 is 5.11 Å². The minimum Gasteiger partial charge on any atom is -0.383 e. The number of nitrogens with zero attached hydrogens (tertiary/aromatic N) is 2. The summed E-state index contributed by atoms with van der Waals surface area (Å²) in [4.78, 5) is 6.85. The first-order valence-corrected chi connectivity index (χ1v) is 8.41. The lowest BCUT2D eigenvalue weighted by Crippen LogP contribution is -2.40. The third kappa shape index (κ3) is 5.08. The third-order valence-corrected chi connectivity index (χ3v) is 4.36. The fraction of sp³-hybridized carbons (Fsp3) is 0.611. The van der Waals surface area contributed by atoms with Gasteiger partial charge in [-0.25, -0.2) is 4.99 Å². The second kappa shape index (κ2) is 9.47. The zero-order chi connectivity index (χ0) is 16.0. The topological polar surface area (TPSA) is 47.9 Å². The van der Waals surface area contributed by atoms with E-state index in [2.05, 4.69) is 37.2 Å². The number of unbranched alkanes of at least 4 members (excludes halogenated alkanes) is 1. The summed E-state index contributed by atoms with van der Waals surface area (Å²) in [6.07, 6.45) is 4.01. The second-order valence-electron chi connectivity index (χ2n) is 6.13. The van der Waals surface area contributed by atoms with Gasteiger partial charge in [0.05, 0.1) is 6.54 Å². The molecule has 5 heteroatoms. The van der Waals surface area contributed by atoms with Crippen molar-refractivity contribution in [2.75, 3.05) is 26.7 Å². The molecule has 1 aliphatic carbocycles. The number of hydrogen-bond donors (Lipinski definition) is 2. The Morgan fingerprint density at radius 2 is 2.09 bits per heavy atom. The Morgan fingerprint density at radius 3 is 2.78 bits per heavy atom. The van der Waals surface area contributed by atoms with Crippen LogP contribution in [0.25, 0.3) is 0 Å². The lowest BCUT2D eigenvalue weighted by molar-refractivity contribution is 0.0483. The van der Waals surface area contributed by atoms with Gasteiger partial charge in [-0.3, -0.25) is 0 Å². The summed E-state index contributed by atoms with van der Waals surface area (Å²) in [5, 5.41) is 14.3. The number of guanidine groups is 1. The van der Waals surface area contributed by atoms with Crippen molar-refractivity contribution in [3.05, 3.63) is 35.4 Å². The summed E-state index contributed by atoms with van der Waals surface area (Å²) in [6, 6.07) is 8.18. The molecule has 0 aromatic heterocycles. The Hall–Kier alpha value is -0.820. The molecule has 1 aromatic carbocycles. The monoisotopic (exact) mass is 431 g/mol. The molecule has 130 valence electrons. The van der Waals surface area contributed by atoms with E-state index in [1.807, 2.05) is 18.2 Å². The average Bonchev–Trinajstić information content (AvgIpc) is 2.87. The fourth-order valence-electron chi connectivity index (χ4n) is 3.01. The van der Waals surface area contributed by atoms with Gasteiger partial charge in [0.2, 0.25) is 0 Å². The summed E-state index contributed by atoms with van der Waals surface area (Å²) in [6.45, 7) is 6.50. The van der Waals surface area contributed by atoms with Crippen LogP contribution in [-0.4, -0.2) is 42.6 Å². The Kier molecular flexibility index (Phi) is 8.33. The van der Waals surface area contributed by atoms with E-state index < -0.39 is 5.60 Å². The van der Waals surface area contributed by atoms with Crippen LogP contribution in [0.3, 0.4) is 0 Å². The van der Waals surface area contributed by atoms with Gasteiger partial charge in [0.25, 0.3) is 0 Å². The molecule has 0 saturated carbocycles. The molecule has 1 aliphatic rings. The van der Waals surface area contributed by atoms with E-state index in [1.54, 1.807) is 0 Å². The third-order valence-electron chi connectivity index (χ3n) is 4.36. The lowest BCUT2D eigenvalue weighted by atomic mass is 9.96. The molecule has 0 heterocycles. The van der Waals surface area contributed by atoms with Gasteiger partial charge in [-0.15, -0.1) is 24.0 Å². The molecule has 1 aromatic rings. The number of fused-ring (bicyclic) bond motifs is 1. The minimum atomic E-state index is -0.817. The molecule has 0 saturated heterocycles. The Morgan fingerprint density at radius 1 is 1.35 bits per heavy atom. The molecule has 0 bridgehead atoms. The predicted octanol–water partition coefficient (Wildman–Crippen LogP) is 3.14. The molecule has 0 aliphatic heterocycles. The van der Waals surface area contributed by atoms with E-state index in [1.165, 1.54) is 12.0 Å². The quantitative estimate of drug-likeness (QED) is 0.414. The number of rotatable bonds is 6. The number of aliphatic hydroxyl groups is 1. The molecule has 0 fully saturated rings. The molecule has 23 heavy (non-hydrogen) atoms. The molecule has 0 amide bonds. The van der Waals surface area contributed by atoms with Crippen molar-refractivity contribution in [1.29, 1.82) is 0 Å². The minimum absolute atomic E-state index is 0. The highest BCUT2D eigenvalue weighted by Gasteiger charge is 2.36. The van der Waals surface area contributed by atoms with Crippen LogP contribution in [0, 0.1) is 0 Å². The summed E-state index contributed by atoms with van der Waals surface area (Å²) < 4.78 is 0. The average molecular weight is 431 g/mol. The van der Waals surface area contributed by atoms with Gasteiger partial charge < -0.3 is 15.3 Å². The molecule has 2 N–H and O–H groups in total. The standard InChI is InChI=1S/C18H29N3O.HI/c1-4-6-13-21(3)17(19-5-2)20-14-18(22)12-11-15-9-7-8-10-16(15)18;/h7-10,22H,4-6,11-14H2,1-3H3,(H,19,20);1H. The Balaban J connectivity index is 0.00000264. The number of halogens is 1. The predicted molar refractivity (Wildman–Crippen MR) is 108 cm³/mol. The normalized spacial score (nSPS) is 19.9. The van der Waals surface area contributed by atoms with Crippen LogP contribution in [0.5, 0.6) is 0 Å². The summed E-state index contributed by atoms with van der Waals surface area (Å²) in [5.41, 5.74) is 1.48. The van der Waals surface area contributed by atoms with Gasteiger partial charge in [-0.2, -0.15) is 0 Å². The van der Waals surface area contributed by atoms with Crippen molar-refractivity contribution >= 4 is 29.9 Å². The maximum Gasteiger partial charge on any atom is 0.193 e. The summed E-state index contributed by atoms with van der Waals surface area (Å²) in [7, 11) is 2.06. The van der Waals surface area contributed by atoms with E-state index in [-0.39, 0.29) is 24.0 Å². The van der Waals surface area contributed by atoms with Crippen molar-refractivity contribution in [2.24, 2.45) is 4.99 Å². The zero-order valence-electron chi connectivity index (χ0n) is 14.5. The van der Waals surface area contributed by atoms with Crippen molar-refractivity contribution in [2.45, 2.75) is 45.1 Å². The first-order valence-electron chi connectivity index (χ1n) is 8.41. The van der Waals surface area contributed by atoms with Crippen molar-refractivity contribution in [1.82, 2.24) is 10.2 Å². The van der Waals surface area contributed by atoms with Crippen molar-refractivity contribution in [3.63, 3.8) is 0 Å². The van der Waals surface area contributed by atoms with Crippen LogP contribution in [0.15, 0.2) is 29.3 Å². The molecular formula is C18H30IN3O. The van der Waals surface area contributed by atoms with Gasteiger partial charge in [0, 0.05) is 20.1 Å². The van der Waals surface area contributed by atoms with E-state index in [0.29, 0.717) is 6.54 Å². The molecule has 0 spiro atoms. The number of aliphatic imine (C=N–C) groups is 1. The van der Waals surface area contributed by atoms with E-state index in [9.17, 15) is 5.11 Å². The fourth-order valence-corrected chi connectivity index (χ4v) is 3.01. The molecule has 1 atom stereocenters. The highest BCUT2D eigenvalue weighted by molar-refractivity contribution is 14.0. The van der Waals surface area contributed by atoms with Gasteiger partial charge in [0.1, 0.15) is 5.60 Å².